The molecule has 0 bridgehead atoms. The molecule has 6 fully saturated rings. The van der Waals surface area contributed by atoms with Crippen LogP contribution < -0.4 is 34.4 Å². The van der Waals surface area contributed by atoms with Gasteiger partial charge in [-0.1, -0.05) is 192 Å². The molecule has 0 unspecified atom stereocenters. The lowest BCUT2D eigenvalue weighted by Gasteiger charge is -2.35. The lowest BCUT2D eigenvalue weighted by molar-refractivity contribution is -0.136. The van der Waals surface area contributed by atoms with E-state index in [0.29, 0.717) is 129 Å². The second-order valence-corrected chi connectivity index (χ2v) is 27.5. The first-order valence-electron chi connectivity index (χ1n) is 31.7. The Morgan fingerprint density at radius 3 is 0.617 bits per heavy atom. The molecule has 0 aromatic heterocycles. The van der Waals surface area contributed by atoms with Crippen LogP contribution in [0.1, 0.15) is 162 Å². The van der Waals surface area contributed by atoms with Crippen molar-refractivity contribution in [1.82, 2.24) is 0 Å². The smallest absolute Gasteiger partial charge is 0.185 e. The molecule has 0 spiro atoms. The molecule has 6 saturated carbocycles. The van der Waals surface area contributed by atoms with Gasteiger partial charge in [-0.2, -0.15) is 0 Å². The van der Waals surface area contributed by atoms with Crippen LogP contribution in [0.4, 0.5) is 0 Å². The van der Waals surface area contributed by atoms with Crippen molar-refractivity contribution in [3.05, 3.63) is 209 Å². The summed E-state index contributed by atoms with van der Waals surface area (Å²) in [6.07, 6.45) is 9.59. The van der Waals surface area contributed by atoms with Crippen LogP contribution in [0.15, 0.2) is 146 Å². The lowest BCUT2D eigenvalue weighted by atomic mass is 9.75. The molecule has 6 aliphatic carbocycles. The van der Waals surface area contributed by atoms with Crippen LogP contribution in [0.3, 0.4) is 0 Å². The van der Waals surface area contributed by atoms with Crippen molar-refractivity contribution in [2.45, 2.75) is 186 Å². The van der Waals surface area contributed by atoms with Crippen molar-refractivity contribution in [2.24, 2.45) is 34.4 Å². The lowest BCUT2D eigenvalue weighted by Crippen LogP contribution is -2.52. The molecule has 94 heavy (non-hydrogen) atoms. The highest BCUT2D eigenvalue weighted by molar-refractivity contribution is 6.33. The molecule has 504 valence electrons. The first kappa shape index (κ1) is 76.1. The van der Waals surface area contributed by atoms with Crippen molar-refractivity contribution >= 4 is 104 Å². The predicted octanol–water partition coefficient (Wildman–Crippen LogP) is 11.7. The Labute approximate surface area is 579 Å². The van der Waals surface area contributed by atoms with Gasteiger partial charge >= 0.3 is 0 Å². The monoisotopic (exact) mass is 1400 g/mol. The van der Waals surface area contributed by atoms with Gasteiger partial charge in [0.25, 0.3) is 0 Å². The molecule has 6 aromatic carbocycles. The topological polar surface area (TPSA) is 339 Å². The highest BCUT2D eigenvalue weighted by atomic mass is 35.5. The Kier molecular flexibility index (Phi) is 26.9. The van der Waals surface area contributed by atoms with E-state index in [0.717, 1.165) is 62.5 Å². The summed E-state index contributed by atoms with van der Waals surface area (Å²) in [7, 11) is 0. The number of rotatable bonds is 6. The molecule has 6 aliphatic rings. The number of hydrogen-bond donors (Lipinski definition) is 10. The number of carbonyl (C=O) groups excluding carboxylic acids is 6. The number of aliphatic hydroxyl groups is 4. The van der Waals surface area contributed by atoms with E-state index in [1.807, 2.05) is 36.4 Å². The van der Waals surface area contributed by atoms with E-state index in [2.05, 4.69) is 0 Å². The number of carbonyl (C=O) groups is 6. The molecule has 0 saturated heterocycles. The maximum absolute atomic E-state index is 12.0. The van der Waals surface area contributed by atoms with E-state index >= 15 is 0 Å². The second-order valence-electron chi connectivity index (χ2n) is 25.1. The normalized spacial score (nSPS) is 29.2. The van der Waals surface area contributed by atoms with E-state index in [4.69, 9.17) is 104 Å². The number of ketones is 6. The summed E-state index contributed by atoms with van der Waals surface area (Å²) in [5.74, 6) is -1.08. The number of aliphatic hydroxyl groups excluding tert-OH is 4. The van der Waals surface area contributed by atoms with Gasteiger partial charge in [-0.25, -0.2) is 0 Å². The molecule has 16 nitrogen and oxygen atoms in total. The van der Waals surface area contributed by atoms with Crippen molar-refractivity contribution in [2.75, 3.05) is 0 Å². The van der Waals surface area contributed by atoms with Gasteiger partial charge in [0.2, 0.25) is 0 Å². The third-order valence-electron chi connectivity index (χ3n) is 18.7. The minimum Gasteiger partial charge on any atom is -0.385 e. The van der Waals surface area contributed by atoms with Gasteiger partial charge in [-0.15, -0.1) is 0 Å². The average Bonchev–Trinajstić information content (AvgIpc) is 0.876. The SMILES string of the molecule is N[C@@]1(c2ccccc2Cl)CCCCC1=O.N[C@@]1(c2ccccc2Cl)CCC[C@@H](O)C1=O.N[C@@]1(c2ccccc2Cl)CCC[C@@H](O)C1=O.N[C@@]1(c2ccccc2Cl)CCC[C@H](O)C1=O.N[C@]1(c2ccccc2Cl)CCCCC1=O.N[C@]1(c2ccccc2Cl)CCC[C@@H](O)C1=O. The third kappa shape index (κ3) is 17.1. The van der Waals surface area contributed by atoms with Crippen molar-refractivity contribution in [1.29, 1.82) is 0 Å². The van der Waals surface area contributed by atoms with Crippen LogP contribution in [-0.4, -0.2) is 79.5 Å². The standard InChI is InChI=1S/4C12H14ClNO2.2C12H14ClNO/c4*13-9-5-2-1-4-8(9)12(14)7-3-6-10(15)11(12)16;2*13-10-6-2-1-5-9(10)12(14)8-4-3-7-11(12)15/h4*1-2,4-5,10,15H,3,6-7,14H2;2*1-2,5-6H,3-4,7-8,14H2/t2*10-,12+;2*10-,12-;2*12-/m101110/s1. The number of hydrogen-bond acceptors (Lipinski definition) is 16. The first-order chi connectivity index (χ1) is 44.5. The summed E-state index contributed by atoms with van der Waals surface area (Å²) in [6.45, 7) is 0. The van der Waals surface area contributed by atoms with Crippen LogP contribution in [0.2, 0.25) is 30.1 Å². The highest BCUT2D eigenvalue weighted by Gasteiger charge is 2.47. The largest absolute Gasteiger partial charge is 0.385 e. The van der Waals surface area contributed by atoms with E-state index in [9.17, 15) is 49.2 Å². The predicted molar refractivity (Wildman–Crippen MR) is 370 cm³/mol. The van der Waals surface area contributed by atoms with Gasteiger partial charge < -0.3 is 54.8 Å². The van der Waals surface area contributed by atoms with Gasteiger partial charge in [0.05, 0.1) is 0 Å². The Hall–Kier alpha value is -5.32. The van der Waals surface area contributed by atoms with Crippen LogP contribution in [0.25, 0.3) is 0 Å². The Bertz CT molecular complexity index is 3290. The van der Waals surface area contributed by atoms with E-state index in [1.54, 1.807) is 109 Å². The molecule has 16 N–H and O–H groups in total. The number of benzene rings is 6. The van der Waals surface area contributed by atoms with Gasteiger partial charge in [0.15, 0.2) is 34.7 Å². The summed E-state index contributed by atoms with van der Waals surface area (Å²) < 4.78 is 0. The summed E-state index contributed by atoms with van der Waals surface area (Å²) >= 11 is 36.3. The number of nitrogens with two attached hydrogens (primary N) is 6. The fourth-order valence-corrected chi connectivity index (χ4v) is 15.0. The van der Waals surface area contributed by atoms with Crippen LogP contribution >= 0.6 is 69.6 Å². The van der Waals surface area contributed by atoms with E-state index < -0.39 is 57.6 Å². The molecule has 0 heterocycles. The van der Waals surface area contributed by atoms with Crippen molar-refractivity contribution in [3.8, 4) is 0 Å². The zero-order chi connectivity index (χ0) is 68.8. The molecule has 6 aromatic rings. The summed E-state index contributed by atoms with van der Waals surface area (Å²) in [5, 5.41) is 41.5. The highest BCUT2D eigenvalue weighted by Crippen LogP contribution is 2.42. The molecule has 0 aliphatic heterocycles. The van der Waals surface area contributed by atoms with Crippen molar-refractivity contribution in [3.63, 3.8) is 0 Å². The first-order valence-corrected chi connectivity index (χ1v) is 34.0. The summed E-state index contributed by atoms with van der Waals surface area (Å²) in [4.78, 5) is 71.6. The molecule has 22 heteroatoms. The summed E-state index contributed by atoms with van der Waals surface area (Å²) in [5.41, 5.74) is 34.6. The van der Waals surface area contributed by atoms with Crippen LogP contribution in [0.5, 0.6) is 0 Å². The zero-order valence-electron chi connectivity index (χ0n) is 52.3. The molecule has 10 atom stereocenters. The van der Waals surface area contributed by atoms with Gasteiger partial charge in [0, 0.05) is 43.0 Å². The minimum absolute atomic E-state index is 0.113. The molecular weight excluding hydrogens is 1320 g/mol. The van der Waals surface area contributed by atoms with Crippen LogP contribution in [0, 0.1) is 0 Å². The molecule has 0 radical (unpaired) electrons. The Morgan fingerprint density at radius 2 is 0.436 bits per heavy atom. The van der Waals surface area contributed by atoms with Crippen LogP contribution in [-0.2, 0) is 62.0 Å². The average molecular weight is 1410 g/mol. The van der Waals surface area contributed by atoms with Gasteiger partial charge in [-0.3, -0.25) is 28.8 Å². The minimum atomic E-state index is -1.13. The Balaban J connectivity index is 0.000000160. The van der Waals surface area contributed by atoms with E-state index in [1.165, 1.54) is 0 Å². The van der Waals surface area contributed by atoms with Gasteiger partial charge in [0.1, 0.15) is 57.6 Å². The Morgan fingerprint density at radius 1 is 0.266 bits per heavy atom. The fourth-order valence-electron chi connectivity index (χ4n) is 13.2. The fraction of sp³-hybridized carbons (Fsp3) is 0.417. The molecule has 0 amide bonds. The maximum atomic E-state index is 12.0. The quantitative estimate of drug-likeness (QED) is 0.0741. The summed E-state index contributed by atoms with van der Waals surface area (Å²) in [6, 6.07) is 42.9. The van der Waals surface area contributed by atoms with E-state index in [-0.39, 0.29) is 34.7 Å². The molecular formula is C72H84Cl6N6O10. The second kappa shape index (κ2) is 33.3. The molecule has 12 rings (SSSR count). The van der Waals surface area contributed by atoms with Crippen molar-refractivity contribution < 1.29 is 49.2 Å². The zero-order valence-corrected chi connectivity index (χ0v) is 56.8. The van der Waals surface area contributed by atoms with Gasteiger partial charge in [-0.05, 0) is 173 Å². The number of Topliss-reactive ketones (excluding diaryl/α,β-unsaturated/α-hetero) is 6. The number of halogens is 6. The third-order valence-corrected chi connectivity index (χ3v) is 20.7. The maximum Gasteiger partial charge on any atom is 0.185 e.